The Kier molecular flexibility index (Phi) is 5.25. The van der Waals surface area contributed by atoms with Crippen molar-refractivity contribution in [3.05, 3.63) is 70.9 Å². The summed E-state index contributed by atoms with van der Waals surface area (Å²) < 4.78 is 0. The van der Waals surface area contributed by atoms with Gasteiger partial charge in [-0.2, -0.15) is 0 Å². The van der Waals surface area contributed by atoms with Crippen LogP contribution in [0.2, 0.25) is 5.02 Å². The van der Waals surface area contributed by atoms with Crippen LogP contribution in [0.25, 0.3) is 10.9 Å². The first-order valence-electron chi connectivity index (χ1n) is 7.98. The van der Waals surface area contributed by atoms with Crippen LogP contribution >= 0.6 is 11.6 Å². The average molecular weight is 373 g/mol. The fourth-order valence-electron chi connectivity index (χ4n) is 2.74. The first-order chi connectivity index (χ1) is 12.4. The minimum atomic E-state index is -1.43. The van der Waals surface area contributed by atoms with Gasteiger partial charge < -0.3 is 20.5 Å². The average Bonchev–Trinajstić information content (AvgIpc) is 3.03. The molecule has 2 aromatic carbocycles. The van der Waals surface area contributed by atoms with Gasteiger partial charge in [-0.1, -0.05) is 41.9 Å². The summed E-state index contributed by atoms with van der Waals surface area (Å²) in [4.78, 5) is 26.8. The number of aromatic amines is 1. The number of H-pyrrole nitrogens is 1. The largest absolute Gasteiger partial charge is 0.480 e. The number of fused-ring (bicyclic) bond motifs is 1. The number of carbonyl (C=O) groups is 2. The maximum atomic E-state index is 12.4. The van der Waals surface area contributed by atoms with Crippen molar-refractivity contribution in [1.29, 1.82) is 0 Å². The highest BCUT2D eigenvalue weighted by Gasteiger charge is 2.29. The van der Waals surface area contributed by atoms with Gasteiger partial charge in [0.15, 0.2) is 6.04 Å². The summed E-state index contributed by atoms with van der Waals surface area (Å²) in [7, 11) is 0. The molecule has 2 atom stereocenters. The third-order valence-corrected chi connectivity index (χ3v) is 4.29. The summed E-state index contributed by atoms with van der Waals surface area (Å²) in [6.45, 7) is 0. The van der Waals surface area contributed by atoms with Crippen molar-refractivity contribution >= 4 is 34.4 Å². The van der Waals surface area contributed by atoms with E-state index in [-0.39, 0.29) is 12.1 Å². The lowest BCUT2D eigenvalue weighted by Crippen LogP contribution is -2.49. The molecule has 7 heteroatoms. The van der Waals surface area contributed by atoms with Crippen LogP contribution in [0.15, 0.2) is 54.6 Å². The van der Waals surface area contributed by atoms with E-state index in [0.29, 0.717) is 10.5 Å². The summed E-state index contributed by atoms with van der Waals surface area (Å²) in [6.07, 6.45) is -1.15. The molecule has 6 nitrogen and oxygen atoms in total. The second-order valence-electron chi connectivity index (χ2n) is 5.96. The van der Waals surface area contributed by atoms with E-state index in [1.54, 1.807) is 48.5 Å². The van der Waals surface area contributed by atoms with Gasteiger partial charge in [-0.15, -0.1) is 0 Å². The Morgan fingerprint density at radius 2 is 1.85 bits per heavy atom. The predicted molar refractivity (Wildman–Crippen MR) is 98.4 cm³/mol. The van der Waals surface area contributed by atoms with Gasteiger partial charge in [-0.05, 0) is 29.8 Å². The third kappa shape index (κ3) is 4.04. The van der Waals surface area contributed by atoms with Crippen molar-refractivity contribution in [2.75, 3.05) is 0 Å². The molecule has 134 valence electrons. The van der Waals surface area contributed by atoms with Crippen molar-refractivity contribution < 1.29 is 19.8 Å². The SMILES string of the molecule is O=C(N[C@@H](C(=O)O)[C@@H](O)Cc1ccccc1)c1cc2cc(Cl)ccc2[nH]1. The number of rotatable bonds is 6. The van der Waals surface area contributed by atoms with E-state index in [1.807, 2.05) is 6.07 Å². The first-order valence-corrected chi connectivity index (χ1v) is 8.36. The number of halogens is 1. The molecule has 0 saturated heterocycles. The second-order valence-corrected chi connectivity index (χ2v) is 6.40. The Balaban J connectivity index is 1.75. The fourth-order valence-corrected chi connectivity index (χ4v) is 2.92. The fraction of sp³-hybridized carbons (Fsp3) is 0.158. The number of carboxylic acids is 1. The van der Waals surface area contributed by atoms with Crippen LogP contribution in [-0.4, -0.2) is 39.2 Å². The number of aliphatic carboxylic acids is 1. The maximum absolute atomic E-state index is 12.4. The molecule has 3 rings (SSSR count). The molecule has 1 amide bonds. The summed E-state index contributed by atoms with van der Waals surface area (Å²) in [5.41, 5.74) is 1.68. The number of nitrogens with one attached hydrogen (secondary N) is 2. The van der Waals surface area contributed by atoms with Gasteiger partial charge in [0.2, 0.25) is 0 Å². The topological polar surface area (TPSA) is 102 Å². The first kappa shape index (κ1) is 18.0. The second kappa shape index (κ2) is 7.59. The zero-order valence-electron chi connectivity index (χ0n) is 13.6. The van der Waals surface area contributed by atoms with Crippen LogP contribution in [-0.2, 0) is 11.2 Å². The molecule has 0 radical (unpaired) electrons. The number of hydrogen-bond acceptors (Lipinski definition) is 3. The van der Waals surface area contributed by atoms with Crippen LogP contribution in [0.1, 0.15) is 16.1 Å². The lowest BCUT2D eigenvalue weighted by Gasteiger charge is -2.20. The highest BCUT2D eigenvalue weighted by atomic mass is 35.5. The zero-order chi connectivity index (χ0) is 18.7. The Bertz CT molecular complexity index is 939. The number of aromatic nitrogens is 1. The van der Waals surface area contributed by atoms with Gasteiger partial charge in [0, 0.05) is 22.3 Å². The lowest BCUT2D eigenvalue weighted by atomic mass is 10.0. The van der Waals surface area contributed by atoms with E-state index in [1.165, 1.54) is 0 Å². The van der Waals surface area contributed by atoms with Gasteiger partial charge in [-0.3, -0.25) is 4.79 Å². The molecule has 3 aromatic rings. The van der Waals surface area contributed by atoms with Crippen LogP contribution in [0, 0.1) is 0 Å². The molecule has 1 aromatic heterocycles. The van der Waals surface area contributed by atoms with E-state index in [9.17, 15) is 19.8 Å². The summed E-state index contributed by atoms with van der Waals surface area (Å²) in [5, 5.41) is 23.3. The van der Waals surface area contributed by atoms with Gasteiger partial charge in [-0.25, -0.2) is 4.79 Å². The monoisotopic (exact) mass is 372 g/mol. The van der Waals surface area contributed by atoms with Gasteiger partial charge in [0.05, 0.1) is 6.10 Å². The van der Waals surface area contributed by atoms with Gasteiger partial charge in [0.1, 0.15) is 5.69 Å². The Labute approximate surface area is 154 Å². The quantitative estimate of drug-likeness (QED) is 0.534. The molecule has 0 saturated carbocycles. The molecule has 0 aliphatic rings. The normalized spacial score (nSPS) is 13.3. The van der Waals surface area contributed by atoms with Crippen LogP contribution in [0.4, 0.5) is 0 Å². The Morgan fingerprint density at radius 3 is 2.54 bits per heavy atom. The number of carbonyl (C=O) groups excluding carboxylic acids is 1. The molecule has 4 N–H and O–H groups in total. The number of aliphatic hydroxyl groups is 1. The number of benzene rings is 2. The standard InChI is InChI=1S/C19H17ClN2O4/c20-13-6-7-14-12(9-13)10-15(21-14)18(24)22-17(19(25)26)16(23)8-11-4-2-1-3-5-11/h1-7,9-10,16-17,21,23H,8H2,(H,22,24)(H,25,26)/t16-,17+/m0/s1. The van der Waals surface area contributed by atoms with E-state index in [0.717, 1.165) is 10.9 Å². The molecule has 0 fully saturated rings. The van der Waals surface area contributed by atoms with Crippen molar-refractivity contribution in [2.24, 2.45) is 0 Å². The third-order valence-electron chi connectivity index (χ3n) is 4.05. The summed E-state index contributed by atoms with van der Waals surface area (Å²) >= 11 is 5.93. The van der Waals surface area contributed by atoms with Crippen molar-refractivity contribution in [1.82, 2.24) is 10.3 Å². The highest BCUT2D eigenvalue weighted by Crippen LogP contribution is 2.20. The van der Waals surface area contributed by atoms with Crippen molar-refractivity contribution in [2.45, 2.75) is 18.6 Å². The zero-order valence-corrected chi connectivity index (χ0v) is 14.4. The molecule has 0 bridgehead atoms. The van der Waals surface area contributed by atoms with Crippen LogP contribution in [0.5, 0.6) is 0 Å². The maximum Gasteiger partial charge on any atom is 0.328 e. The number of hydrogen-bond donors (Lipinski definition) is 4. The predicted octanol–water partition coefficient (Wildman–Crippen LogP) is 2.61. The number of aliphatic hydroxyl groups excluding tert-OH is 1. The van der Waals surface area contributed by atoms with Gasteiger partial charge in [0.25, 0.3) is 5.91 Å². The van der Waals surface area contributed by atoms with E-state index in [2.05, 4.69) is 10.3 Å². The molecule has 0 aliphatic heterocycles. The van der Waals surface area contributed by atoms with E-state index in [4.69, 9.17) is 11.6 Å². The molecule has 26 heavy (non-hydrogen) atoms. The van der Waals surface area contributed by atoms with Crippen molar-refractivity contribution in [3.8, 4) is 0 Å². The molecule has 1 heterocycles. The van der Waals surface area contributed by atoms with E-state index >= 15 is 0 Å². The summed E-state index contributed by atoms with van der Waals surface area (Å²) in [6, 6.07) is 14.3. The number of amides is 1. The summed E-state index contributed by atoms with van der Waals surface area (Å²) in [5.74, 6) is -1.92. The Morgan fingerprint density at radius 1 is 1.12 bits per heavy atom. The smallest absolute Gasteiger partial charge is 0.328 e. The van der Waals surface area contributed by atoms with Gasteiger partial charge >= 0.3 is 5.97 Å². The Hall–Kier alpha value is -2.83. The molecular formula is C19H17ClN2O4. The minimum Gasteiger partial charge on any atom is -0.480 e. The van der Waals surface area contributed by atoms with Crippen molar-refractivity contribution in [3.63, 3.8) is 0 Å². The lowest BCUT2D eigenvalue weighted by molar-refractivity contribution is -0.142. The molecule has 0 unspecified atom stereocenters. The minimum absolute atomic E-state index is 0.112. The van der Waals surface area contributed by atoms with Crippen LogP contribution in [0.3, 0.4) is 0 Å². The number of carboxylic acid groups (broad SMARTS) is 1. The highest BCUT2D eigenvalue weighted by molar-refractivity contribution is 6.31. The molecule has 0 aliphatic carbocycles. The molecule has 0 spiro atoms. The van der Waals surface area contributed by atoms with Crippen LogP contribution < -0.4 is 5.32 Å². The molecular weight excluding hydrogens is 356 g/mol. The van der Waals surface area contributed by atoms with E-state index < -0.39 is 24.0 Å².